The number of imide groups is 2. The lowest BCUT2D eigenvalue weighted by molar-refractivity contribution is -0.141. The van der Waals surface area contributed by atoms with Gasteiger partial charge in [-0.1, -0.05) is 53.1 Å². The van der Waals surface area contributed by atoms with Crippen LogP contribution in [0.5, 0.6) is 5.75 Å². The molecular weight excluding hydrogens is 672 g/mol. The number of benzene rings is 2. The Morgan fingerprint density at radius 3 is 2.35 bits per heavy atom. The maximum Gasteiger partial charge on any atom is 0.433 e. The normalized spacial score (nSPS) is 28.3. The van der Waals surface area contributed by atoms with E-state index in [0.717, 1.165) is 21.0 Å². The van der Waals surface area contributed by atoms with E-state index >= 15 is 0 Å². The number of hydrogen-bond donors (Lipinski definition) is 1. The van der Waals surface area contributed by atoms with Crippen LogP contribution in [0.1, 0.15) is 36.9 Å². The van der Waals surface area contributed by atoms with Crippen LogP contribution in [0.15, 0.2) is 72.3 Å². The molecular formula is C34H27Cl2F3N4O5. The summed E-state index contributed by atoms with van der Waals surface area (Å²) in [6.45, 7) is 1.68. The first-order valence-electron chi connectivity index (χ1n) is 15.1. The number of aromatic nitrogens is 1. The molecule has 4 amide bonds. The van der Waals surface area contributed by atoms with Crippen molar-refractivity contribution in [2.75, 3.05) is 17.0 Å². The van der Waals surface area contributed by atoms with Gasteiger partial charge in [-0.15, -0.1) is 0 Å². The minimum Gasteiger partial charge on any atom is -0.508 e. The van der Waals surface area contributed by atoms with E-state index in [2.05, 4.69) is 4.98 Å². The van der Waals surface area contributed by atoms with Gasteiger partial charge in [0.1, 0.15) is 11.4 Å². The van der Waals surface area contributed by atoms with E-state index in [1.165, 1.54) is 25.2 Å². The molecule has 2 aliphatic carbocycles. The van der Waals surface area contributed by atoms with Crippen LogP contribution >= 0.6 is 23.2 Å². The first kappa shape index (κ1) is 32.1. The van der Waals surface area contributed by atoms with Crippen LogP contribution in [0.4, 0.5) is 24.7 Å². The first-order valence-corrected chi connectivity index (χ1v) is 15.9. The number of allylic oxidation sites excluding steroid dienone is 2. The van der Waals surface area contributed by atoms with Gasteiger partial charge in [-0.2, -0.15) is 18.2 Å². The summed E-state index contributed by atoms with van der Waals surface area (Å²) in [5.74, 6) is -7.44. The average Bonchev–Trinajstić information content (AvgIpc) is 3.41. The number of para-hydroxylation sites is 1. The van der Waals surface area contributed by atoms with Gasteiger partial charge in [-0.25, -0.2) is 9.88 Å². The third-order valence-corrected chi connectivity index (χ3v) is 10.8. The molecule has 0 bridgehead atoms. The highest BCUT2D eigenvalue weighted by atomic mass is 35.5. The number of aromatic hydroxyl groups is 1. The fourth-order valence-electron chi connectivity index (χ4n) is 8.13. The number of halogens is 5. The van der Waals surface area contributed by atoms with Gasteiger partial charge < -0.3 is 5.11 Å². The second-order valence-electron chi connectivity index (χ2n) is 12.7. The number of rotatable bonds is 4. The summed E-state index contributed by atoms with van der Waals surface area (Å²) in [5, 5.41) is 12.9. The fourth-order valence-corrected chi connectivity index (χ4v) is 8.54. The topological polar surface area (TPSA) is 111 Å². The van der Waals surface area contributed by atoms with Crippen LogP contribution in [-0.2, 0) is 25.4 Å². The summed E-state index contributed by atoms with van der Waals surface area (Å²) < 4.78 is 40.6. The lowest BCUT2D eigenvalue weighted by atomic mass is 9.51. The molecule has 3 fully saturated rings. The van der Waals surface area contributed by atoms with Crippen LogP contribution in [0, 0.1) is 29.1 Å². The van der Waals surface area contributed by atoms with Gasteiger partial charge in [0.05, 0.1) is 33.9 Å². The second-order valence-corrected chi connectivity index (χ2v) is 13.6. The Bertz CT molecular complexity index is 1940. The molecule has 6 atom stereocenters. The Morgan fingerprint density at radius 2 is 1.67 bits per heavy atom. The zero-order valence-corrected chi connectivity index (χ0v) is 26.9. The highest BCUT2D eigenvalue weighted by molar-refractivity contribution is 6.33. The van der Waals surface area contributed by atoms with Crippen molar-refractivity contribution in [3.8, 4) is 5.75 Å². The van der Waals surface area contributed by atoms with Crippen LogP contribution in [0.3, 0.4) is 0 Å². The molecule has 3 aromatic rings. The monoisotopic (exact) mass is 698 g/mol. The number of carbonyl (C=O) groups excluding carboxylic acids is 4. The molecule has 9 nitrogen and oxygen atoms in total. The SMILES string of the molecule is CN(c1nc(C(F)(F)F)ccc1Cl)N1C(=O)[C@H]2[C@H](CC=C3[C@H]2C[C@H]2C(=O)N(c4ccccc4)C(=O)[C@@]2(C)[C@H]3c2cc(Cl)ccc2O)C1=O. The predicted molar refractivity (Wildman–Crippen MR) is 169 cm³/mol. The summed E-state index contributed by atoms with van der Waals surface area (Å²) in [6, 6.07) is 14.6. The maximum atomic E-state index is 14.4. The standard InChI is InChI=1S/C34H27Cl2F3N4O5/c1-33-22(30(46)42(32(33)48)17-6-4-3-5-7-17)15-20-18(27(33)21-14-16(35)8-12-24(21)44)9-10-19-26(20)31(47)43(29(19)45)41(2)28-23(36)11-13-25(40-28)34(37,38)39/h3-9,11-14,19-20,22,26-27,44H,10,15H2,1-2H3/t19-,20+,22-,26-,27+,33+/m0/s1. The zero-order chi connectivity index (χ0) is 34.4. The van der Waals surface area contributed by atoms with Gasteiger partial charge in [0.15, 0.2) is 5.82 Å². The van der Waals surface area contributed by atoms with Crippen molar-refractivity contribution in [1.82, 2.24) is 9.99 Å². The third-order valence-electron chi connectivity index (χ3n) is 10.3. The molecule has 14 heteroatoms. The molecule has 2 saturated heterocycles. The molecule has 0 spiro atoms. The maximum absolute atomic E-state index is 14.4. The number of phenolic OH excluding ortho intramolecular Hbond substituents is 1. The minimum absolute atomic E-state index is 0.0361. The van der Waals surface area contributed by atoms with Gasteiger partial charge in [0, 0.05) is 23.6 Å². The van der Waals surface area contributed by atoms with E-state index in [1.807, 2.05) is 0 Å². The quantitative estimate of drug-likeness (QED) is 0.248. The lowest BCUT2D eigenvalue weighted by Gasteiger charge is -2.49. The molecule has 2 aromatic carbocycles. The van der Waals surface area contributed by atoms with E-state index in [9.17, 15) is 37.5 Å². The van der Waals surface area contributed by atoms with Crippen molar-refractivity contribution in [2.24, 2.45) is 29.1 Å². The number of pyridine rings is 1. The molecule has 248 valence electrons. The van der Waals surface area contributed by atoms with E-state index in [-0.39, 0.29) is 28.6 Å². The van der Waals surface area contributed by atoms with Gasteiger partial charge in [-0.05, 0) is 68.1 Å². The predicted octanol–water partition coefficient (Wildman–Crippen LogP) is 6.39. The number of alkyl halides is 3. The van der Waals surface area contributed by atoms with E-state index in [4.69, 9.17) is 23.2 Å². The number of hydrazine groups is 1. The van der Waals surface area contributed by atoms with Crippen LogP contribution < -0.4 is 9.91 Å². The van der Waals surface area contributed by atoms with Gasteiger partial charge >= 0.3 is 6.18 Å². The second kappa shape index (κ2) is 11.1. The number of nitrogens with zero attached hydrogens (tertiary/aromatic N) is 4. The van der Waals surface area contributed by atoms with Crippen molar-refractivity contribution >= 4 is 58.3 Å². The Labute approximate surface area is 282 Å². The van der Waals surface area contributed by atoms with E-state index < -0.39 is 76.3 Å². The molecule has 1 saturated carbocycles. The number of amides is 4. The van der Waals surface area contributed by atoms with Gasteiger partial charge in [0.2, 0.25) is 11.8 Å². The number of phenols is 1. The van der Waals surface area contributed by atoms with Crippen molar-refractivity contribution in [2.45, 2.75) is 31.9 Å². The van der Waals surface area contributed by atoms with Crippen molar-refractivity contribution < 1.29 is 37.5 Å². The lowest BCUT2D eigenvalue weighted by Crippen LogP contribution is -2.49. The molecule has 48 heavy (non-hydrogen) atoms. The zero-order valence-electron chi connectivity index (χ0n) is 25.4. The Hall–Kier alpha value is -4.42. The Morgan fingerprint density at radius 1 is 0.958 bits per heavy atom. The molecule has 0 radical (unpaired) electrons. The molecule has 0 unspecified atom stereocenters. The average molecular weight is 700 g/mol. The summed E-state index contributed by atoms with van der Waals surface area (Å²) in [5.41, 5.74) is -1.38. The summed E-state index contributed by atoms with van der Waals surface area (Å²) in [6.07, 6.45) is -2.92. The summed E-state index contributed by atoms with van der Waals surface area (Å²) >= 11 is 12.6. The molecule has 2 aliphatic heterocycles. The largest absolute Gasteiger partial charge is 0.508 e. The molecule has 3 heterocycles. The third kappa shape index (κ3) is 4.56. The van der Waals surface area contributed by atoms with E-state index in [1.54, 1.807) is 43.3 Å². The molecule has 1 N–H and O–H groups in total. The van der Waals surface area contributed by atoms with E-state index in [0.29, 0.717) is 22.9 Å². The number of hydrogen-bond acceptors (Lipinski definition) is 7. The number of carbonyl (C=O) groups is 4. The Kier molecular flexibility index (Phi) is 7.41. The smallest absolute Gasteiger partial charge is 0.433 e. The number of fused-ring (bicyclic) bond motifs is 4. The minimum atomic E-state index is -4.81. The van der Waals surface area contributed by atoms with Crippen LogP contribution in [-0.4, -0.2) is 45.8 Å². The van der Waals surface area contributed by atoms with Crippen molar-refractivity contribution in [1.29, 1.82) is 0 Å². The molecule has 1 aromatic heterocycles. The van der Waals surface area contributed by atoms with Gasteiger partial charge in [-0.3, -0.25) is 24.2 Å². The highest BCUT2D eigenvalue weighted by Gasteiger charge is 2.68. The fraction of sp³-hybridized carbons (Fsp3) is 0.324. The molecule has 4 aliphatic rings. The Balaban J connectivity index is 1.33. The summed E-state index contributed by atoms with van der Waals surface area (Å²) in [4.78, 5) is 61.6. The van der Waals surface area contributed by atoms with Crippen molar-refractivity contribution in [3.05, 3.63) is 93.6 Å². The van der Waals surface area contributed by atoms with Gasteiger partial charge in [0.25, 0.3) is 11.8 Å². The van der Waals surface area contributed by atoms with Crippen LogP contribution in [0.25, 0.3) is 0 Å². The summed E-state index contributed by atoms with van der Waals surface area (Å²) in [7, 11) is 1.23. The first-order chi connectivity index (χ1) is 22.7. The highest BCUT2D eigenvalue weighted by Crippen LogP contribution is 2.64. The number of anilines is 2. The molecule has 7 rings (SSSR count). The van der Waals surface area contributed by atoms with Crippen molar-refractivity contribution in [3.63, 3.8) is 0 Å². The van der Waals surface area contributed by atoms with Crippen LogP contribution in [0.2, 0.25) is 10.0 Å².